The Labute approximate surface area is 283 Å². The van der Waals surface area contributed by atoms with E-state index >= 15 is 0 Å². The standard InChI is InChI=1S/C24H15FNS.C14H16GeN.Ir/c1-15-13-22(26-14-20(15)16-7-3-2-4-8-16)19-11-5-9-17-18-10-6-12-21(25)24(18)27-23(17)19;1-15(2,3)13-9-10-14(16-11-13)12-7-5-4-6-8-12;/h2-10,12-14H,1H3;4-7,9-11H,1-3H3;/q2*-1;/i1D3;;. The third-order valence-electron chi connectivity index (χ3n) is 7.27. The van der Waals surface area contributed by atoms with Gasteiger partial charge in [-0.25, -0.2) is 4.39 Å². The van der Waals surface area contributed by atoms with Gasteiger partial charge in [0.1, 0.15) is 5.82 Å². The molecular formula is C38H31FGeIrN2S-2. The maximum atomic E-state index is 14.3. The molecule has 3 aromatic heterocycles. The van der Waals surface area contributed by atoms with Crippen LogP contribution in [-0.4, -0.2) is 23.2 Å². The van der Waals surface area contributed by atoms with Crippen LogP contribution in [0, 0.1) is 24.8 Å². The zero-order chi connectivity index (χ0) is 32.5. The van der Waals surface area contributed by atoms with Crippen LogP contribution in [-0.2, 0) is 20.1 Å². The molecule has 221 valence electrons. The van der Waals surface area contributed by atoms with E-state index in [-0.39, 0.29) is 31.5 Å². The molecule has 3 heterocycles. The zero-order valence-electron chi connectivity index (χ0n) is 27.5. The van der Waals surface area contributed by atoms with Gasteiger partial charge >= 0.3 is 99.8 Å². The molecule has 0 aliphatic carbocycles. The molecule has 2 nitrogen and oxygen atoms in total. The van der Waals surface area contributed by atoms with Gasteiger partial charge in [-0.2, -0.15) is 11.3 Å². The molecular weight excluding hydrogens is 800 g/mol. The Balaban J connectivity index is 0.000000217. The van der Waals surface area contributed by atoms with Crippen molar-refractivity contribution in [1.29, 1.82) is 0 Å². The number of fused-ring (bicyclic) bond motifs is 3. The van der Waals surface area contributed by atoms with Gasteiger partial charge in [0.25, 0.3) is 0 Å². The fourth-order valence-corrected chi connectivity index (χ4v) is 8.29. The van der Waals surface area contributed by atoms with Crippen molar-refractivity contribution in [2.75, 3.05) is 0 Å². The minimum atomic E-state index is -2.30. The Hall–Kier alpha value is -3.48. The molecule has 0 N–H and O–H groups in total. The predicted molar refractivity (Wildman–Crippen MR) is 183 cm³/mol. The second kappa shape index (κ2) is 13.7. The molecule has 0 fully saturated rings. The first kappa shape index (κ1) is 28.0. The molecule has 6 heteroatoms. The van der Waals surface area contributed by atoms with Gasteiger partial charge in [0.05, 0.1) is 4.70 Å². The number of benzene rings is 4. The Kier molecular flexibility index (Phi) is 8.70. The summed E-state index contributed by atoms with van der Waals surface area (Å²) in [6.07, 6.45) is 3.64. The first-order valence-corrected chi connectivity index (χ1v) is 22.2. The van der Waals surface area contributed by atoms with Crippen molar-refractivity contribution in [2.45, 2.75) is 24.1 Å². The molecule has 44 heavy (non-hydrogen) atoms. The monoisotopic (exact) mass is 836 g/mol. The normalized spacial score (nSPS) is 12.4. The summed E-state index contributed by atoms with van der Waals surface area (Å²) in [5.41, 5.74) is 4.88. The molecule has 0 aliphatic rings. The van der Waals surface area contributed by atoms with Crippen LogP contribution in [0.4, 0.5) is 4.39 Å². The quantitative estimate of drug-likeness (QED) is 0.130. The number of thiophene rings is 1. The first-order chi connectivity index (χ1) is 22.0. The van der Waals surface area contributed by atoms with Crippen molar-refractivity contribution >= 4 is 49.2 Å². The number of aromatic nitrogens is 2. The summed E-state index contributed by atoms with van der Waals surface area (Å²) in [4.78, 5) is 9.10. The number of rotatable bonds is 4. The van der Waals surface area contributed by atoms with Gasteiger partial charge in [0, 0.05) is 36.0 Å². The van der Waals surface area contributed by atoms with Crippen LogP contribution in [0.25, 0.3) is 53.8 Å². The van der Waals surface area contributed by atoms with E-state index in [1.165, 1.54) is 21.8 Å². The zero-order valence-corrected chi connectivity index (χ0v) is 29.8. The summed E-state index contributed by atoms with van der Waals surface area (Å²) in [6.45, 7) is -2.30. The molecule has 0 bridgehead atoms. The summed E-state index contributed by atoms with van der Waals surface area (Å²) < 4.78 is 41.3. The van der Waals surface area contributed by atoms with Crippen molar-refractivity contribution in [1.82, 2.24) is 9.97 Å². The number of hydrogen-bond acceptors (Lipinski definition) is 3. The van der Waals surface area contributed by atoms with E-state index in [0.29, 0.717) is 21.5 Å². The van der Waals surface area contributed by atoms with Crippen LogP contribution in [0.15, 0.2) is 116 Å². The number of hydrogen-bond donors (Lipinski definition) is 0. The van der Waals surface area contributed by atoms with E-state index in [9.17, 15) is 4.39 Å². The largest absolute Gasteiger partial charge is 0 e. The van der Waals surface area contributed by atoms with Crippen molar-refractivity contribution in [3.8, 4) is 33.6 Å². The minimum absolute atomic E-state index is 0. The number of halogens is 1. The molecule has 1 radical (unpaired) electrons. The molecule has 4 aromatic carbocycles. The second-order valence-electron chi connectivity index (χ2n) is 11.3. The van der Waals surface area contributed by atoms with E-state index in [1.54, 1.807) is 24.4 Å². The fraction of sp³-hybridized carbons (Fsp3) is 0.105. The molecule has 0 atom stereocenters. The summed E-state index contributed by atoms with van der Waals surface area (Å²) in [5, 5.41) is 1.75. The van der Waals surface area contributed by atoms with E-state index in [1.807, 2.05) is 72.9 Å². The second-order valence-corrected chi connectivity index (χ2v) is 22.9. The minimum Gasteiger partial charge on any atom is 0 e. The van der Waals surface area contributed by atoms with Gasteiger partial charge in [-0.3, -0.25) is 0 Å². The Morgan fingerprint density at radius 3 is 2.23 bits per heavy atom. The van der Waals surface area contributed by atoms with Crippen LogP contribution in [0.1, 0.15) is 9.68 Å². The molecule has 0 aliphatic heterocycles. The van der Waals surface area contributed by atoms with Gasteiger partial charge in [0.15, 0.2) is 0 Å². The third kappa shape index (κ3) is 6.77. The average molecular weight is 835 g/mol. The SMILES string of the molecule is [2H]C([2H])([2H])c1cc(-c2[c-]ccc3c2sc2c(F)cccc23)ncc1-c1ccccc1.[CH3][Ge]([CH3])([CH3])[c]1ccc(-c2[c-]cccc2)nc1.[Ir]. The molecule has 7 rings (SSSR count). The summed E-state index contributed by atoms with van der Waals surface area (Å²) in [7, 11) is 0. The molecule has 0 spiro atoms. The van der Waals surface area contributed by atoms with Crippen molar-refractivity contribution in [3.63, 3.8) is 0 Å². The molecule has 0 unspecified atom stereocenters. The van der Waals surface area contributed by atoms with Crippen LogP contribution in [0.2, 0.25) is 17.3 Å². The van der Waals surface area contributed by atoms with Crippen LogP contribution >= 0.6 is 11.3 Å². The number of pyridine rings is 2. The molecule has 0 amide bonds. The topological polar surface area (TPSA) is 25.8 Å². The van der Waals surface area contributed by atoms with E-state index in [0.717, 1.165) is 32.3 Å². The van der Waals surface area contributed by atoms with E-state index in [4.69, 9.17) is 4.11 Å². The fourth-order valence-electron chi connectivity index (χ4n) is 4.91. The first-order valence-electron chi connectivity index (χ1n) is 15.5. The van der Waals surface area contributed by atoms with Crippen molar-refractivity contribution < 1.29 is 28.6 Å². The molecule has 0 saturated heterocycles. The maximum absolute atomic E-state index is 14.3. The summed E-state index contributed by atoms with van der Waals surface area (Å²) in [5.74, 6) is 6.87. The van der Waals surface area contributed by atoms with Crippen molar-refractivity contribution in [2.24, 2.45) is 0 Å². The molecule has 7 aromatic rings. The average Bonchev–Trinajstić information content (AvgIpc) is 3.45. The van der Waals surface area contributed by atoms with Crippen LogP contribution in [0.5, 0.6) is 0 Å². The number of aryl methyl sites for hydroxylation is 1. The maximum Gasteiger partial charge on any atom is 0 e. The Bertz CT molecular complexity index is 2130. The predicted octanol–water partition coefficient (Wildman–Crippen LogP) is 10.1. The van der Waals surface area contributed by atoms with Crippen molar-refractivity contribution in [3.05, 3.63) is 139 Å². The summed E-state index contributed by atoms with van der Waals surface area (Å²) >= 11 is -0.379. The van der Waals surface area contributed by atoms with Gasteiger partial charge in [0.2, 0.25) is 0 Å². The van der Waals surface area contributed by atoms with Gasteiger partial charge in [-0.1, -0.05) is 53.9 Å². The summed E-state index contributed by atoms with van der Waals surface area (Å²) in [6, 6.07) is 38.4. The Morgan fingerprint density at radius 1 is 0.750 bits per heavy atom. The van der Waals surface area contributed by atoms with Gasteiger partial charge in [-0.15, -0.1) is 23.8 Å². The molecule has 0 saturated carbocycles. The van der Waals surface area contributed by atoms with E-state index in [2.05, 4.69) is 51.5 Å². The smallest absolute Gasteiger partial charge is 0 e. The van der Waals surface area contributed by atoms with Crippen LogP contribution < -0.4 is 4.40 Å². The van der Waals surface area contributed by atoms with E-state index < -0.39 is 20.1 Å². The third-order valence-corrected chi connectivity index (χ3v) is 12.8. The number of nitrogens with zero attached hydrogens (tertiary/aromatic N) is 2. The van der Waals surface area contributed by atoms with Gasteiger partial charge in [-0.05, 0) is 39.8 Å². The Morgan fingerprint density at radius 2 is 1.52 bits per heavy atom. The van der Waals surface area contributed by atoms with Crippen LogP contribution in [0.3, 0.4) is 0 Å². The van der Waals surface area contributed by atoms with Gasteiger partial charge < -0.3 is 4.98 Å².